The summed E-state index contributed by atoms with van der Waals surface area (Å²) in [4.78, 5) is 0. The van der Waals surface area contributed by atoms with Gasteiger partial charge >= 0.3 is 0 Å². The highest BCUT2D eigenvalue weighted by Gasteiger charge is 2.23. The van der Waals surface area contributed by atoms with E-state index in [9.17, 15) is 8.42 Å². The van der Waals surface area contributed by atoms with Gasteiger partial charge in [0.15, 0.2) is 0 Å². The first kappa shape index (κ1) is 16.5. The van der Waals surface area contributed by atoms with Crippen LogP contribution < -0.4 is 9.46 Å². The number of benzene rings is 2. The summed E-state index contributed by atoms with van der Waals surface area (Å²) >= 11 is 0. The minimum absolute atomic E-state index is 0.483. The van der Waals surface area contributed by atoms with Crippen molar-refractivity contribution in [1.29, 1.82) is 0 Å². The summed E-state index contributed by atoms with van der Waals surface area (Å²) < 4.78 is 33.6. The lowest BCUT2D eigenvalue weighted by Crippen LogP contribution is -2.38. The molecule has 0 aliphatic heterocycles. The lowest BCUT2D eigenvalue weighted by atomic mass is 9.99. The van der Waals surface area contributed by atoms with Gasteiger partial charge in [0.25, 0.3) is 10.2 Å². The Morgan fingerprint density at radius 2 is 1.64 bits per heavy atom. The quantitative estimate of drug-likeness (QED) is 0.887. The van der Waals surface area contributed by atoms with Crippen LogP contribution in [-0.4, -0.2) is 33.9 Å². The van der Waals surface area contributed by atoms with Crippen LogP contribution in [0.25, 0.3) is 0 Å². The molecule has 118 valence electrons. The van der Waals surface area contributed by atoms with Crippen molar-refractivity contribution in [3.8, 4) is 5.75 Å². The average Bonchev–Trinajstić information content (AvgIpc) is 2.53. The second kappa shape index (κ2) is 6.91. The molecule has 2 rings (SSSR count). The third kappa shape index (κ3) is 3.85. The van der Waals surface area contributed by atoms with Gasteiger partial charge in [-0.1, -0.05) is 42.5 Å². The summed E-state index contributed by atoms with van der Waals surface area (Å²) in [5.74, 6) is 0.683. The van der Waals surface area contributed by atoms with Crippen LogP contribution in [0.4, 0.5) is 0 Å². The first-order chi connectivity index (χ1) is 10.4. The number of ether oxygens (including phenoxy) is 1. The molecule has 0 heterocycles. The van der Waals surface area contributed by atoms with Crippen LogP contribution in [0.15, 0.2) is 54.6 Å². The Labute approximate surface area is 131 Å². The Kier molecular flexibility index (Phi) is 5.18. The first-order valence-electron chi connectivity index (χ1n) is 6.82. The van der Waals surface area contributed by atoms with Crippen molar-refractivity contribution in [2.75, 3.05) is 21.2 Å². The van der Waals surface area contributed by atoms with Gasteiger partial charge in [-0.3, -0.25) is 0 Å². The largest absolute Gasteiger partial charge is 0.497 e. The van der Waals surface area contributed by atoms with Crippen LogP contribution in [0, 0.1) is 0 Å². The Morgan fingerprint density at radius 1 is 1.00 bits per heavy atom. The molecule has 0 aliphatic carbocycles. The van der Waals surface area contributed by atoms with Gasteiger partial charge in [0.2, 0.25) is 0 Å². The maximum absolute atomic E-state index is 12.2. The van der Waals surface area contributed by atoms with Crippen LogP contribution in [0.1, 0.15) is 17.2 Å². The first-order valence-corrected chi connectivity index (χ1v) is 8.26. The molecule has 2 aromatic carbocycles. The lowest BCUT2D eigenvalue weighted by molar-refractivity contribution is 0.413. The van der Waals surface area contributed by atoms with E-state index in [4.69, 9.17) is 4.74 Å². The highest BCUT2D eigenvalue weighted by atomic mass is 32.2. The van der Waals surface area contributed by atoms with Crippen molar-refractivity contribution in [2.45, 2.75) is 6.04 Å². The Hall–Kier alpha value is -1.89. The van der Waals surface area contributed by atoms with E-state index >= 15 is 0 Å². The monoisotopic (exact) mass is 320 g/mol. The zero-order chi connectivity index (χ0) is 16.2. The van der Waals surface area contributed by atoms with Gasteiger partial charge < -0.3 is 4.74 Å². The summed E-state index contributed by atoms with van der Waals surface area (Å²) in [7, 11) is 1.01. The van der Waals surface area contributed by atoms with Crippen molar-refractivity contribution in [2.24, 2.45) is 0 Å². The Balaban J connectivity index is 2.46. The molecule has 0 bridgehead atoms. The molecule has 2 aromatic rings. The minimum atomic E-state index is -3.57. The molecule has 0 aliphatic rings. The third-order valence-corrected chi connectivity index (χ3v) is 4.80. The van der Waals surface area contributed by atoms with Crippen molar-refractivity contribution in [1.82, 2.24) is 9.03 Å². The molecule has 0 radical (unpaired) electrons. The van der Waals surface area contributed by atoms with Gasteiger partial charge in [-0.25, -0.2) is 0 Å². The van der Waals surface area contributed by atoms with E-state index in [0.717, 1.165) is 15.4 Å². The van der Waals surface area contributed by atoms with E-state index in [2.05, 4.69) is 4.72 Å². The fraction of sp³-hybridized carbons (Fsp3) is 0.250. The van der Waals surface area contributed by atoms with Gasteiger partial charge in [0.05, 0.1) is 13.2 Å². The molecule has 0 aromatic heterocycles. The highest BCUT2D eigenvalue weighted by molar-refractivity contribution is 7.87. The summed E-state index contributed by atoms with van der Waals surface area (Å²) in [6.45, 7) is 0. The molecule has 1 N–H and O–H groups in total. The predicted octanol–water partition coefficient (Wildman–Crippen LogP) is 2.18. The van der Waals surface area contributed by atoms with Crippen LogP contribution in [-0.2, 0) is 10.2 Å². The lowest BCUT2D eigenvalue weighted by Gasteiger charge is -2.22. The molecule has 0 saturated heterocycles. The second-order valence-electron chi connectivity index (χ2n) is 5.03. The van der Waals surface area contributed by atoms with E-state index in [-0.39, 0.29) is 0 Å². The number of methoxy groups -OCH3 is 1. The van der Waals surface area contributed by atoms with Crippen LogP contribution in [0.5, 0.6) is 5.75 Å². The van der Waals surface area contributed by atoms with E-state index in [1.807, 2.05) is 54.6 Å². The molecule has 0 amide bonds. The molecule has 6 heteroatoms. The van der Waals surface area contributed by atoms with Gasteiger partial charge in [-0.2, -0.15) is 17.4 Å². The van der Waals surface area contributed by atoms with Gasteiger partial charge in [0, 0.05) is 14.1 Å². The smallest absolute Gasteiger partial charge is 0.279 e. The number of rotatable bonds is 6. The maximum atomic E-state index is 12.2. The maximum Gasteiger partial charge on any atom is 0.279 e. The zero-order valence-corrected chi connectivity index (χ0v) is 13.7. The van der Waals surface area contributed by atoms with Gasteiger partial charge in [-0.15, -0.1) is 0 Å². The van der Waals surface area contributed by atoms with Crippen molar-refractivity contribution < 1.29 is 13.2 Å². The van der Waals surface area contributed by atoms with Crippen LogP contribution >= 0.6 is 0 Å². The fourth-order valence-electron chi connectivity index (χ4n) is 2.05. The normalized spacial score (nSPS) is 13.1. The molecule has 0 saturated carbocycles. The average molecular weight is 320 g/mol. The molecule has 0 fully saturated rings. The van der Waals surface area contributed by atoms with E-state index in [0.29, 0.717) is 5.75 Å². The summed E-state index contributed by atoms with van der Waals surface area (Å²) in [5.41, 5.74) is 1.68. The van der Waals surface area contributed by atoms with Crippen molar-refractivity contribution in [3.05, 3.63) is 65.7 Å². The number of nitrogens with zero attached hydrogens (tertiary/aromatic N) is 1. The molecule has 22 heavy (non-hydrogen) atoms. The van der Waals surface area contributed by atoms with Crippen LogP contribution in [0.3, 0.4) is 0 Å². The Morgan fingerprint density at radius 3 is 2.23 bits per heavy atom. The predicted molar refractivity (Wildman–Crippen MR) is 87.0 cm³/mol. The summed E-state index contributed by atoms with van der Waals surface area (Å²) in [6.07, 6.45) is 0. The van der Waals surface area contributed by atoms with Crippen molar-refractivity contribution in [3.63, 3.8) is 0 Å². The number of hydrogen-bond donors (Lipinski definition) is 1. The Bertz CT molecular complexity index is 715. The molecular formula is C16H20N2O3S. The number of hydrogen-bond acceptors (Lipinski definition) is 3. The standard InChI is InChI=1S/C16H20N2O3S/c1-18(2)22(19,20)17-16(13-8-5-4-6-9-13)14-10-7-11-15(12-14)21-3/h4-12,16-17H,1-3H3. The van der Waals surface area contributed by atoms with Crippen LogP contribution in [0.2, 0.25) is 0 Å². The molecular weight excluding hydrogens is 300 g/mol. The topological polar surface area (TPSA) is 58.6 Å². The molecule has 1 unspecified atom stereocenters. The van der Waals surface area contributed by atoms with E-state index < -0.39 is 16.3 Å². The van der Waals surface area contributed by atoms with Gasteiger partial charge in [0.1, 0.15) is 5.75 Å². The third-order valence-electron chi connectivity index (χ3n) is 3.31. The van der Waals surface area contributed by atoms with E-state index in [1.54, 1.807) is 7.11 Å². The van der Waals surface area contributed by atoms with Gasteiger partial charge in [-0.05, 0) is 23.3 Å². The van der Waals surface area contributed by atoms with Crippen molar-refractivity contribution >= 4 is 10.2 Å². The SMILES string of the molecule is COc1cccc(C(NS(=O)(=O)N(C)C)c2ccccc2)c1. The second-order valence-corrected chi connectivity index (χ2v) is 6.94. The zero-order valence-electron chi connectivity index (χ0n) is 12.9. The number of nitrogens with one attached hydrogen (secondary N) is 1. The summed E-state index contributed by atoms with van der Waals surface area (Å²) in [6, 6.07) is 16.3. The molecule has 5 nitrogen and oxygen atoms in total. The molecule has 1 atom stereocenters. The molecule has 0 spiro atoms. The fourth-order valence-corrected chi connectivity index (χ4v) is 2.83. The van der Waals surface area contributed by atoms with E-state index in [1.165, 1.54) is 14.1 Å². The summed E-state index contributed by atoms with van der Waals surface area (Å²) in [5, 5.41) is 0. The highest BCUT2D eigenvalue weighted by Crippen LogP contribution is 2.26. The minimum Gasteiger partial charge on any atom is -0.497 e.